The van der Waals surface area contributed by atoms with Crippen LogP contribution in [-0.4, -0.2) is 17.2 Å². The lowest BCUT2D eigenvalue weighted by Crippen LogP contribution is -2.39. The minimum atomic E-state index is -0.463. The number of carbonyl (C=O) groups is 1. The first-order valence-electron chi connectivity index (χ1n) is 7.39. The second kappa shape index (κ2) is 7.97. The van der Waals surface area contributed by atoms with Crippen LogP contribution in [0.3, 0.4) is 0 Å². The summed E-state index contributed by atoms with van der Waals surface area (Å²) in [5.74, 6) is 1.66. The number of hydrogen-bond acceptors (Lipinski definition) is 3. The van der Waals surface area contributed by atoms with Crippen LogP contribution >= 0.6 is 15.9 Å². The number of halogens is 1. The fraction of sp³-hybridized carbons (Fsp3) is 0.294. The number of amides is 2. The molecule has 0 saturated carbocycles. The molecule has 0 spiro atoms. The quantitative estimate of drug-likeness (QED) is 0.753. The normalized spacial score (nSPS) is 11.9. The van der Waals surface area contributed by atoms with E-state index in [4.69, 9.17) is 4.74 Å². The third-order valence-electron chi connectivity index (χ3n) is 3.16. The molecule has 122 valence electrons. The van der Waals surface area contributed by atoms with Crippen LogP contribution < -0.4 is 15.4 Å². The molecule has 1 unspecified atom stereocenters. The first-order chi connectivity index (χ1) is 10.9. The van der Waals surface area contributed by atoms with E-state index in [-0.39, 0.29) is 6.03 Å². The van der Waals surface area contributed by atoms with Crippen molar-refractivity contribution < 1.29 is 9.53 Å². The molecule has 0 fully saturated rings. The highest BCUT2D eigenvalue weighted by Gasteiger charge is 2.09. The van der Waals surface area contributed by atoms with Crippen molar-refractivity contribution in [1.29, 1.82) is 0 Å². The summed E-state index contributed by atoms with van der Waals surface area (Å²) in [5.41, 5.74) is 1.25. The van der Waals surface area contributed by atoms with Crippen molar-refractivity contribution in [3.05, 3.63) is 52.6 Å². The molecule has 0 saturated heterocycles. The number of pyridine rings is 1. The van der Waals surface area contributed by atoms with Crippen molar-refractivity contribution in [2.24, 2.45) is 0 Å². The number of nitrogens with zero attached hydrogens (tertiary/aromatic N) is 1. The van der Waals surface area contributed by atoms with E-state index in [0.717, 1.165) is 4.47 Å². The molecule has 0 aliphatic rings. The van der Waals surface area contributed by atoms with Gasteiger partial charge < -0.3 is 10.1 Å². The van der Waals surface area contributed by atoms with Crippen LogP contribution in [0.25, 0.3) is 0 Å². The van der Waals surface area contributed by atoms with E-state index in [2.05, 4.69) is 45.4 Å². The molecule has 0 aliphatic carbocycles. The van der Waals surface area contributed by atoms with E-state index >= 15 is 0 Å². The van der Waals surface area contributed by atoms with E-state index < -0.39 is 6.23 Å². The lowest BCUT2D eigenvalue weighted by Gasteiger charge is -2.17. The SMILES string of the molecule is CC(NC(=O)Nc1ccc(Br)cn1)Oc1ccc(C(C)C)cc1. The van der Waals surface area contributed by atoms with Gasteiger partial charge in [0.2, 0.25) is 0 Å². The number of aromatic nitrogens is 1. The van der Waals surface area contributed by atoms with Crippen molar-refractivity contribution in [3.8, 4) is 5.75 Å². The monoisotopic (exact) mass is 377 g/mol. The summed E-state index contributed by atoms with van der Waals surface area (Å²) >= 11 is 3.29. The molecular weight excluding hydrogens is 358 g/mol. The minimum Gasteiger partial charge on any atom is -0.471 e. The van der Waals surface area contributed by atoms with Crippen molar-refractivity contribution in [1.82, 2.24) is 10.3 Å². The Morgan fingerprint density at radius 2 is 1.83 bits per heavy atom. The molecule has 2 N–H and O–H groups in total. The lowest BCUT2D eigenvalue weighted by atomic mass is 10.0. The molecule has 0 aliphatic heterocycles. The first-order valence-corrected chi connectivity index (χ1v) is 8.19. The van der Waals surface area contributed by atoms with Gasteiger partial charge in [0.15, 0.2) is 6.23 Å². The number of hydrogen-bond donors (Lipinski definition) is 2. The van der Waals surface area contributed by atoms with Crippen molar-refractivity contribution >= 4 is 27.8 Å². The van der Waals surface area contributed by atoms with Crippen LogP contribution in [0, 0.1) is 0 Å². The molecule has 2 amide bonds. The van der Waals surface area contributed by atoms with Gasteiger partial charge in [0, 0.05) is 10.7 Å². The molecule has 1 aromatic heterocycles. The van der Waals surface area contributed by atoms with Gasteiger partial charge in [-0.25, -0.2) is 9.78 Å². The Balaban J connectivity index is 1.84. The van der Waals surface area contributed by atoms with Gasteiger partial charge in [-0.05, 0) is 58.6 Å². The fourth-order valence-corrected chi connectivity index (χ4v) is 2.19. The fourth-order valence-electron chi connectivity index (χ4n) is 1.95. The lowest BCUT2D eigenvalue weighted by molar-refractivity contribution is 0.183. The van der Waals surface area contributed by atoms with Gasteiger partial charge in [0.1, 0.15) is 11.6 Å². The van der Waals surface area contributed by atoms with E-state index in [1.807, 2.05) is 24.3 Å². The Kier molecular flexibility index (Phi) is 5.98. The molecule has 6 heteroatoms. The largest absolute Gasteiger partial charge is 0.471 e. The summed E-state index contributed by atoms with van der Waals surface area (Å²) in [6.45, 7) is 6.05. The molecule has 1 heterocycles. The number of nitrogens with one attached hydrogen (secondary N) is 2. The Morgan fingerprint density at radius 1 is 1.13 bits per heavy atom. The van der Waals surface area contributed by atoms with Crippen LogP contribution in [0.15, 0.2) is 47.1 Å². The first kappa shape index (κ1) is 17.3. The van der Waals surface area contributed by atoms with Crippen molar-refractivity contribution in [3.63, 3.8) is 0 Å². The summed E-state index contributed by atoms with van der Waals surface area (Å²) in [5, 5.41) is 5.35. The van der Waals surface area contributed by atoms with Gasteiger partial charge in [-0.1, -0.05) is 26.0 Å². The van der Waals surface area contributed by atoms with Crippen molar-refractivity contribution in [2.75, 3.05) is 5.32 Å². The molecule has 0 radical (unpaired) electrons. The number of ether oxygens (including phenoxy) is 1. The summed E-state index contributed by atoms with van der Waals surface area (Å²) < 4.78 is 6.53. The predicted molar refractivity (Wildman–Crippen MR) is 94.7 cm³/mol. The van der Waals surface area contributed by atoms with Gasteiger partial charge in [-0.2, -0.15) is 0 Å². The van der Waals surface area contributed by atoms with Crippen LogP contribution in [0.2, 0.25) is 0 Å². The predicted octanol–water partition coefficient (Wildman–Crippen LogP) is 4.51. The summed E-state index contributed by atoms with van der Waals surface area (Å²) in [6, 6.07) is 11.0. The summed E-state index contributed by atoms with van der Waals surface area (Å²) in [4.78, 5) is 16.0. The highest BCUT2D eigenvalue weighted by molar-refractivity contribution is 9.10. The number of carbonyl (C=O) groups excluding carboxylic acids is 1. The third-order valence-corrected chi connectivity index (χ3v) is 3.63. The number of benzene rings is 1. The van der Waals surface area contributed by atoms with Crippen LogP contribution in [-0.2, 0) is 0 Å². The number of anilines is 1. The van der Waals surface area contributed by atoms with Gasteiger partial charge >= 0.3 is 6.03 Å². The second-order valence-electron chi connectivity index (χ2n) is 5.44. The molecule has 0 bridgehead atoms. The summed E-state index contributed by atoms with van der Waals surface area (Å²) in [7, 11) is 0. The Bertz CT molecular complexity index is 642. The van der Waals surface area contributed by atoms with Crippen molar-refractivity contribution in [2.45, 2.75) is 32.9 Å². The molecule has 23 heavy (non-hydrogen) atoms. The standard InChI is InChI=1S/C17H20BrN3O2/c1-11(2)13-4-7-15(8-5-13)23-12(3)20-17(22)21-16-9-6-14(18)10-19-16/h4-12H,1-3H3,(H2,19,20,21,22). The topological polar surface area (TPSA) is 63.2 Å². The molecule has 1 atom stereocenters. The van der Waals surface area contributed by atoms with E-state index in [0.29, 0.717) is 17.5 Å². The van der Waals surface area contributed by atoms with E-state index in [9.17, 15) is 4.79 Å². The van der Waals surface area contributed by atoms with Gasteiger partial charge in [0.25, 0.3) is 0 Å². The minimum absolute atomic E-state index is 0.369. The zero-order valence-electron chi connectivity index (χ0n) is 13.3. The zero-order chi connectivity index (χ0) is 16.8. The molecule has 1 aromatic carbocycles. The smallest absolute Gasteiger partial charge is 0.323 e. The molecule has 2 aromatic rings. The molecule has 5 nitrogen and oxygen atoms in total. The van der Waals surface area contributed by atoms with Crippen LogP contribution in [0.4, 0.5) is 10.6 Å². The average Bonchev–Trinajstić information content (AvgIpc) is 2.50. The van der Waals surface area contributed by atoms with Gasteiger partial charge in [-0.15, -0.1) is 0 Å². The maximum Gasteiger partial charge on any atom is 0.323 e. The van der Waals surface area contributed by atoms with E-state index in [1.54, 1.807) is 25.3 Å². The maximum atomic E-state index is 11.9. The Hall–Kier alpha value is -2.08. The second-order valence-corrected chi connectivity index (χ2v) is 6.36. The Labute approximate surface area is 144 Å². The van der Waals surface area contributed by atoms with Gasteiger partial charge in [-0.3, -0.25) is 5.32 Å². The van der Waals surface area contributed by atoms with Gasteiger partial charge in [0.05, 0.1) is 0 Å². The third kappa shape index (κ3) is 5.56. The van der Waals surface area contributed by atoms with E-state index in [1.165, 1.54) is 5.56 Å². The maximum absolute atomic E-state index is 11.9. The average molecular weight is 378 g/mol. The summed E-state index contributed by atoms with van der Waals surface area (Å²) in [6.07, 6.45) is 1.15. The number of urea groups is 1. The highest BCUT2D eigenvalue weighted by Crippen LogP contribution is 2.19. The Morgan fingerprint density at radius 3 is 2.39 bits per heavy atom. The molecular formula is C17H20BrN3O2. The molecule has 2 rings (SSSR count). The van der Waals surface area contributed by atoms with Crippen LogP contribution in [0.5, 0.6) is 5.75 Å². The zero-order valence-corrected chi connectivity index (χ0v) is 14.9. The highest BCUT2D eigenvalue weighted by atomic mass is 79.9. The van der Waals surface area contributed by atoms with Crippen LogP contribution in [0.1, 0.15) is 32.3 Å². The number of rotatable bonds is 5.